The van der Waals surface area contributed by atoms with E-state index in [1.807, 2.05) is 6.92 Å². The number of aromatic carboxylic acids is 1. The van der Waals surface area contributed by atoms with Gasteiger partial charge in [-0.2, -0.15) is 0 Å². The van der Waals surface area contributed by atoms with Crippen LogP contribution in [0.3, 0.4) is 0 Å². The van der Waals surface area contributed by atoms with E-state index in [0.29, 0.717) is 25.5 Å². The van der Waals surface area contributed by atoms with Crippen LogP contribution >= 0.6 is 0 Å². The van der Waals surface area contributed by atoms with Gasteiger partial charge in [-0.05, 0) is 6.92 Å². The highest BCUT2D eigenvalue weighted by atomic mass is 16.5. The highest BCUT2D eigenvalue weighted by molar-refractivity contribution is 5.85. The predicted octanol–water partition coefficient (Wildman–Crippen LogP) is 0.0471. The molecular weight excluding hydrogens is 200 g/mol. The average molecular weight is 212 g/mol. The highest BCUT2D eigenvalue weighted by Gasteiger charge is 2.07. The van der Waals surface area contributed by atoms with Gasteiger partial charge in [-0.15, -0.1) is 0 Å². The van der Waals surface area contributed by atoms with Crippen molar-refractivity contribution >= 4 is 5.97 Å². The molecule has 0 fully saturated rings. The third-order valence-electron chi connectivity index (χ3n) is 1.70. The molecular formula is C9H12N2O4. The Morgan fingerprint density at radius 2 is 2.40 bits per heavy atom. The van der Waals surface area contributed by atoms with Gasteiger partial charge in [0.2, 0.25) is 0 Å². The highest BCUT2D eigenvalue weighted by Crippen LogP contribution is 1.94. The van der Waals surface area contributed by atoms with Crippen molar-refractivity contribution < 1.29 is 14.6 Å². The average Bonchev–Trinajstić information content (AvgIpc) is 2.17. The largest absolute Gasteiger partial charge is 0.477 e. The number of H-pyrrole nitrogens is 1. The Morgan fingerprint density at radius 1 is 1.67 bits per heavy atom. The lowest BCUT2D eigenvalue weighted by Gasteiger charge is -2.01. The predicted molar refractivity (Wildman–Crippen MR) is 52.0 cm³/mol. The zero-order valence-corrected chi connectivity index (χ0v) is 8.32. The van der Waals surface area contributed by atoms with Crippen LogP contribution in [0.4, 0.5) is 0 Å². The molecule has 6 nitrogen and oxygen atoms in total. The van der Waals surface area contributed by atoms with Gasteiger partial charge in [0.25, 0.3) is 5.56 Å². The summed E-state index contributed by atoms with van der Waals surface area (Å²) in [6, 6.07) is 0.951. The zero-order chi connectivity index (χ0) is 11.3. The Hall–Kier alpha value is -1.69. The summed E-state index contributed by atoms with van der Waals surface area (Å²) >= 11 is 0. The molecule has 0 radical (unpaired) electrons. The van der Waals surface area contributed by atoms with Gasteiger partial charge < -0.3 is 14.8 Å². The third kappa shape index (κ3) is 3.51. The molecule has 0 spiro atoms. The second-order valence-electron chi connectivity index (χ2n) is 2.83. The van der Waals surface area contributed by atoms with Gasteiger partial charge in [-0.3, -0.25) is 4.79 Å². The summed E-state index contributed by atoms with van der Waals surface area (Å²) in [5.41, 5.74) is -0.709. The number of carboxylic acids is 1. The van der Waals surface area contributed by atoms with E-state index in [-0.39, 0.29) is 5.69 Å². The minimum Gasteiger partial charge on any atom is -0.477 e. The van der Waals surface area contributed by atoms with Gasteiger partial charge >= 0.3 is 5.97 Å². The fraction of sp³-hybridized carbons (Fsp3) is 0.444. The Kier molecular flexibility index (Phi) is 3.99. The maximum absolute atomic E-state index is 11.0. The van der Waals surface area contributed by atoms with Crippen molar-refractivity contribution in [2.45, 2.75) is 13.3 Å². The van der Waals surface area contributed by atoms with E-state index < -0.39 is 11.5 Å². The molecule has 2 N–H and O–H groups in total. The summed E-state index contributed by atoms with van der Waals surface area (Å²) in [7, 11) is 0. The van der Waals surface area contributed by atoms with E-state index in [1.54, 1.807) is 0 Å². The first-order chi connectivity index (χ1) is 7.13. The standard InChI is InChI=1S/C9H12N2O4/c1-2-15-4-3-7-10-6(9(13)14)5-8(12)11-7/h5H,2-4H2,1H3,(H,13,14)(H,10,11,12). The number of carboxylic acid groups (broad SMARTS) is 1. The summed E-state index contributed by atoms with van der Waals surface area (Å²) in [5, 5.41) is 8.66. The van der Waals surface area contributed by atoms with Crippen molar-refractivity contribution in [3.8, 4) is 0 Å². The SMILES string of the molecule is CCOCCc1nc(C(=O)O)cc(=O)[nH]1. The van der Waals surface area contributed by atoms with Crippen molar-refractivity contribution in [3.63, 3.8) is 0 Å². The minimum absolute atomic E-state index is 0.245. The smallest absolute Gasteiger partial charge is 0.354 e. The molecule has 0 saturated heterocycles. The zero-order valence-electron chi connectivity index (χ0n) is 8.32. The summed E-state index contributed by atoms with van der Waals surface area (Å²) in [6.07, 6.45) is 0.393. The molecule has 0 saturated carbocycles. The Labute approximate surface area is 85.9 Å². The molecule has 1 rings (SSSR count). The topological polar surface area (TPSA) is 92.3 Å². The monoisotopic (exact) mass is 212 g/mol. The fourth-order valence-corrected chi connectivity index (χ4v) is 1.05. The molecule has 1 heterocycles. The third-order valence-corrected chi connectivity index (χ3v) is 1.70. The Morgan fingerprint density at radius 3 is 3.00 bits per heavy atom. The van der Waals surface area contributed by atoms with Gasteiger partial charge in [0.1, 0.15) is 5.82 Å². The minimum atomic E-state index is -1.21. The second kappa shape index (κ2) is 5.26. The van der Waals surface area contributed by atoms with Crippen LogP contribution < -0.4 is 5.56 Å². The van der Waals surface area contributed by atoms with Crippen molar-refractivity contribution in [2.75, 3.05) is 13.2 Å². The van der Waals surface area contributed by atoms with Crippen LogP contribution in [0.2, 0.25) is 0 Å². The molecule has 0 aliphatic heterocycles. The van der Waals surface area contributed by atoms with Crippen LogP contribution in [0.1, 0.15) is 23.2 Å². The van der Waals surface area contributed by atoms with Gasteiger partial charge in [-0.25, -0.2) is 9.78 Å². The van der Waals surface area contributed by atoms with E-state index >= 15 is 0 Å². The van der Waals surface area contributed by atoms with Gasteiger partial charge in [-0.1, -0.05) is 0 Å². The molecule has 0 bridgehead atoms. The maximum atomic E-state index is 11.0. The van der Waals surface area contributed by atoms with Crippen LogP contribution in [-0.2, 0) is 11.2 Å². The molecule has 1 aromatic rings. The fourth-order valence-electron chi connectivity index (χ4n) is 1.05. The molecule has 82 valence electrons. The first-order valence-corrected chi connectivity index (χ1v) is 4.54. The quantitative estimate of drug-likeness (QED) is 0.672. The number of hydrogen-bond acceptors (Lipinski definition) is 4. The maximum Gasteiger partial charge on any atom is 0.354 e. The summed E-state index contributed by atoms with van der Waals surface area (Å²) in [6.45, 7) is 2.83. The number of hydrogen-bond donors (Lipinski definition) is 2. The number of aromatic amines is 1. The van der Waals surface area contributed by atoms with Crippen LogP contribution in [0.25, 0.3) is 0 Å². The molecule has 0 aromatic carbocycles. The van der Waals surface area contributed by atoms with Crippen LogP contribution in [0.5, 0.6) is 0 Å². The number of aromatic nitrogens is 2. The summed E-state index contributed by atoms with van der Waals surface area (Å²) in [4.78, 5) is 27.9. The molecule has 15 heavy (non-hydrogen) atoms. The number of nitrogens with zero attached hydrogens (tertiary/aromatic N) is 1. The summed E-state index contributed by atoms with van der Waals surface area (Å²) in [5.74, 6) is -0.882. The molecule has 0 aliphatic rings. The summed E-state index contributed by atoms with van der Waals surface area (Å²) < 4.78 is 5.07. The number of ether oxygens (including phenoxy) is 1. The van der Waals surface area contributed by atoms with E-state index in [0.717, 1.165) is 6.07 Å². The van der Waals surface area contributed by atoms with Crippen molar-refractivity contribution in [1.29, 1.82) is 0 Å². The van der Waals surface area contributed by atoms with Gasteiger partial charge in [0.05, 0.1) is 6.61 Å². The molecule has 1 aromatic heterocycles. The molecule has 6 heteroatoms. The molecule has 0 amide bonds. The number of rotatable bonds is 5. The van der Waals surface area contributed by atoms with Crippen molar-refractivity contribution in [3.05, 3.63) is 27.9 Å². The molecule has 0 aliphatic carbocycles. The Balaban J connectivity index is 2.80. The number of carbonyl (C=O) groups is 1. The second-order valence-corrected chi connectivity index (χ2v) is 2.83. The van der Waals surface area contributed by atoms with Gasteiger partial charge in [0.15, 0.2) is 5.69 Å². The first-order valence-electron chi connectivity index (χ1n) is 4.54. The molecule has 0 unspecified atom stereocenters. The lowest BCUT2D eigenvalue weighted by atomic mass is 10.3. The lowest BCUT2D eigenvalue weighted by Crippen LogP contribution is -2.16. The first kappa shape index (κ1) is 11.4. The van der Waals surface area contributed by atoms with Crippen LogP contribution in [-0.4, -0.2) is 34.3 Å². The van der Waals surface area contributed by atoms with E-state index in [2.05, 4.69) is 9.97 Å². The van der Waals surface area contributed by atoms with Crippen molar-refractivity contribution in [1.82, 2.24) is 9.97 Å². The van der Waals surface area contributed by atoms with E-state index in [4.69, 9.17) is 9.84 Å². The van der Waals surface area contributed by atoms with E-state index in [9.17, 15) is 9.59 Å². The lowest BCUT2D eigenvalue weighted by molar-refractivity contribution is 0.0689. The normalized spacial score (nSPS) is 10.2. The van der Waals surface area contributed by atoms with Gasteiger partial charge in [0, 0.05) is 19.1 Å². The number of nitrogens with one attached hydrogen (secondary N) is 1. The van der Waals surface area contributed by atoms with Crippen LogP contribution in [0.15, 0.2) is 10.9 Å². The molecule has 0 atom stereocenters. The van der Waals surface area contributed by atoms with Crippen molar-refractivity contribution in [2.24, 2.45) is 0 Å². The van der Waals surface area contributed by atoms with E-state index in [1.165, 1.54) is 0 Å². The van der Waals surface area contributed by atoms with Crippen LogP contribution in [0, 0.1) is 0 Å². The Bertz CT molecular complexity index is 399.